The van der Waals surface area contributed by atoms with Gasteiger partial charge in [0.05, 0.1) is 10.5 Å². The molecule has 0 bridgehead atoms. The fourth-order valence-electron chi connectivity index (χ4n) is 2.99. The number of piperazine rings is 1. The van der Waals surface area contributed by atoms with Gasteiger partial charge in [-0.1, -0.05) is 6.07 Å². The van der Waals surface area contributed by atoms with Gasteiger partial charge in [-0.05, 0) is 55.3 Å². The van der Waals surface area contributed by atoms with E-state index in [1.165, 1.54) is 9.21 Å². The molecule has 0 saturated carbocycles. The Bertz CT molecular complexity index is 984. The number of carbonyl (C=O) groups excluding carboxylic acids is 1. The van der Waals surface area contributed by atoms with E-state index in [4.69, 9.17) is 0 Å². The summed E-state index contributed by atoms with van der Waals surface area (Å²) in [6.07, 6.45) is 0. The van der Waals surface area contributed by atoms with Crippen molar-refractivity contribution in [2.75, 3.05) is 26.2 Å². The third-order valence-corrected chi connectivity index (χ3v) is 6.70. The molecule has 2 aromatic carbocycles. The Morgan fingerprint density at radius 2 is 1.59 bits per heavy atom. The van der Waals surface area contributed by atoms with Crippen LogP contribution >= 0.6 is 0 Å². The molecular formula is C19H20F2N2O3S. The van der Waals surface area contributed by atoms with E-state index in [2.05, 4.69) is 0 Å². The van der Waals surface area contributed by atoms with E-state index in [9.17, 15) is 22.0 Å². The highest BCUT2D eigenvalue weighted by molar-refractivity contribution is 7.89. The lowest BCUT2D eigenvalue weighted by atomic mass is 10.1. The Labute approximate surface area is 157 Å². The van der Waals surface area contributed by atoms with Crippen LogP contribution in [-0.4, -0.2) is 49.7 Å². The van der Waals surface area contributed by atoms with Crippen LogP contribution in [0.1, 0.15) is 21.5 Å². The molecule has 0 aromatic heterocycles. The van der Waals surface area contributed by atoms with E-state index >= 15 is 0 Å². The van der Waals surface area contributed by atoms with Gasteiger partial charge in [-0.2, -0.15) is 4.31 Å². The fraction of sp³-hybridized carbons (Fsp3) is 0.316. The Hall–Kier alpha value is -2.32. The largest absolute Gasteiger partial charge is 0.336 e. The third-order valence-electron chi connectivity index (χ3n) is 4.80. The van der Waals surface area contributed by atoms with Gasteiger partial charge in [0.2, 0.25) is 10.0 Å². The van der Waals surface area contributed by atoms with Crippen LogP contribution in [0.4, 0.5) is 8.78 Å². The van der Waals surface area contributed by atoms with Gasteiger partial charge in [0.25, 0.3) is 5.91 Å². The van der Waals surface area contributed by atoms with Gasteiger partial charge in [-0.25, -0.2) is 17.2 Å². The highest BCUT2D eigenvalue weighted by Gasteiger charge is 2.31. The van der Waals surface area contributed by atoms with E-state index in [-0.39, 0.29) is 36.6 Å². The normalized spacial score (nSPS) is 15.8. The molecule has 144 valence electrons. The quantitative estimate of drug-likeness (QED) is 0.804. The standard InChI is InChI=1S/C19H20F2N2O3S/c1-13-3-5-16(11-14(13)2)27(25,26)23-9-7-22(8-10-23)19(24)17-12-15(20)4-6-18(17)21/h3-6,11-12H,7-10H2,1-2H3. The van der Waals surface area contributed by atoms with E-state index in [0.29, 0.717) is 0 Å². The first-order chi connectivity index (χ1) is 12.7. The zero-order chi connectivity index (χ0) is 19.8. The van der Waals surface area contributed by atoms with Gasteiger partial charge < -0.3 is 4.90 Å². The van der Waals surface area contributed by atoms with Gasteiger partial charge in [0, 0.05) is 26.2 Å². The molecule has 1 aliphatic heterocycles. The van der Waals surface area contributed by atoms with Crippen molar-refractivity contribution in [2.24, 2.45) is 0 Å². The number of aryl methyl sites for hydroxylation is 2. The molecule has 1 fully saturated rings. The van der Waals surface area contributed by atoms with Crippen molar-refractivity contribution in [3.63, 3.8) is 0 Å². The first-order valence-electron chi connectivity index (χ1n) is 8.52. The molecule has 2 aromatic rings. The van der Waals surface area contributed by atoms with Crippen molar-refractivity contribution >= 4 is 15.9 Å². The Kier molecular flexibility index (Phi) is 5.30. The zero-order valence-corrected chi connectivity index (χ0v) is 15.9. The van der Waals surface area contributed by atoms with Crippen LogP contribution < -0.4 is 0 Å². The first-order valence-corrected chi connectivity index (χ1v) is 9.96. The summed E-state index contributed by atoms with van der Waals surface area (Å²) >= 11 is 0. The van der Waals surface area contributed by atoms with Gasteiger partial charge in [0.1, 0.15) is 11.6 Å². The highest BCUT2D eigenvalue weighted by atomic mass is 32.2. The van der Waals surface area contributed by atoms with Gasteiger partial charge in [0.15, 0.2) is 0 Å². The minimum absolute atomic E-state index is 0.0952. The maximum absolute atomic E-state index is 13.8. The van der Waals surface area contributed by atoms with Crippen LogP contribution in [0.15, 0.2) is 41.3 Å². The molecule has 0 aliphatic carbocycles. The average Bonchev–Trinajstić information content (AvgIpc) is 2.65. The van der Waals surface area contributed by atoms with E-state index in [0.717, 1.165) is 29.3 Å². The molecule has 0 unspecified atom stereocenters. The lowest BCUT2D eigenvalue weighted by Crippen LogP contribution is -2.50. The van der Waals surface area contributed by atoms with Crippen LogP contribution in [0.3, 0.4) is 0 Å². The number of nitrogens with zero attached hydrogens (tertiary/aromatic N) is 2. The third kappa shape index (κ3) is 3.86. The summed E-state index contributed by atoms with van der Waals surface area (Å²) in [4.78, 5) is 14.0. The second kappa shape index (κ2) is 7.36. The van der Waals surface area contributed by atoms with Crippen molar-refractivity contribution in [3.05, 3.63) is 64.7 Å². The molecular weight excluding hydrogens is 374 g/mol. The maximum Gasteiger partial charge on any atom is 0.257 e. The average molecular weight is 394 g/mol. The molecule has 3 rings (SSSR count). The van der Waals surface area contributed by atoms with Crippen molar-refractivity contribution in [3.8, 4) is 0 Å². The van der Waals surface area contributed by atoms with Crippen molar-refractivity contribution in [2.45, 2.75) is 18.7 Å². The lowest BCUT2D eigenvalue weighted by Gasteiger charge is -2.34. The number of hydrogen-bond donors (Lipinski definition) is 0. The second-order valence-electron chi connectivity index (χ2n) is 6.57. The number of halogens is 2. The van der Waals surface area contributed by atoms with E-state index in [1.54, 1.807) is 18.2 Å². The summed E-state index contributed by atoms with van der Waals surface area (Å²) in [5.41, 5.74) is 1.54. The van der Waals surface area contributed by atoms with Crippen molar-refractivity contribution in [1.29, 1.82) is 0 Å². The SMILES string of the molecule is Cc1ccc(S(=O)(=O)N2CCN(C(=O)c3cc(F)ccc3F)CC2)cc1C. The molecule has 5 nitrogen and oxygen atoms in total. The predicted octanol–water partition coefficient (Wildman–Crippen LogP) is 2.73. The first kappa shape index (κ1) is 19.4. The highest BCUT2D eigenvalue weighted by Crippen LogP contribution is 2.21. The lowest BCUT2D eigenvalue weighted by molar-refractivity contribution is 0.0692. The van der Waals surface area contributed by atoms with E-state index < -0.39 is 27.6 Å². The van der Waals surface area contributed by atoms with Crippen LogP contribution in [0.25, 0.3) is 0 Å². The zero-order valence-electron chi connectivity index (χ0n) is 15.1. The summed E-state index contributed by atoms with van der Waals surface area (Å²) in [5, 5.41) is 0. The number of rotatable bonds is 3. The van der Waals surface area contributed by atoms with Crippen molar-refractivity contribution < 1.29 is 22.0 Å². The molecule has 1 aliphatic rings. The van der Waals surface area contributed by atoms with E-state index in [1.807, 2.05) is 13.8 Å². The molecule has 1 saturated heterocycles. The Morgan fingerprint density at radius 3 is 2.22 bits per heavy atom. The fourth-order valence-corrected chi connectivity index (χ4v) is 4.49. The smallest absolute Gasteiger partial charge is 0.257 e. The second-order valence-corrected chi connectivity index (χ2v) is 8.50. The number of hydrogen-bond acceptors (Lipinski definition) is 3. The maximum atomic E-state index is 13.8. The number of amides is 1. The topological polar surface area (TPSA) is 57.7 Å². The van der Waals surface area contributed by atoms with Crippen LogP contribution in [-0.2, 0) is 10.0 Å². The van der Waals surface area contributed by atoms with Gasteiger partial charge >= 0.3 is 0 Å². The molecule has 0 spiro atoms. The number of benzene rings is 2. The molecule has 0 radical (unpaired) electrons. The Morgan fingerprint density at radius 1 is 0.926 bits per heavy atom. The molecule has 0 atom stereocenters. The summed E-state index contributed by atoms with van der Waals surface area (Å²) in [5.74, 6) is -2.14. The van der Waals surface area contributed by atoms with Crippen LogP contribution in [0, 0.1) is 25.5 Å². The van der Waals surface area contributed by atoms with Gasteiger partial charge in [-0.3, -0.25) is 4.79 Å². The monoisotopic (exact) mass is 394 g/mol. The number of sulfonamides is 1. The molecule has 27 heavy (non-hydrogen) atoms. The minimum Gasteiger partial charge on any atom is -0.336 e. The molecule has 8 heteroatoms. The summed E-state index contributed by atoms with van der Waals surface area (Å²) < 4.78 is 54.1. The summed E-state index contributed by atoms with van der Waals surface area (Å²) in [6, 6.07) is 7.66. The molecule has 1 amide bonds. The summed E-state index contributed by atoms with van der Waals surface area (Å²) in [6.45, 7) is 4.16. The minimum atomic E-state index is -3.67. The summed E-state index contributed by atoms with van der Waals surface area (Å²) in [7, 11) is -3.67. The predicted molar refractivity (Wildman–Crippen MR) is 96.9 cm³/mol. The van der Waals surface area contributed by atoms with Crippen LogP contribution in [0.2, 0.25) is 0 Å². The Balaban J connectivity index is 1.73. The van der Waals surface area contributed by atoms with Crippen molar-refractivity contribution in [1.82, 2.24) is 9.21 Å². The molecule has 0 N–H and O–H groups in total. The van der Waals surface area contributed by atoms with Crippen LogP contribution in [0.5, 0.6) is 0 Å². The van der Waals surface area contributed by atoms with Gasteiger partial charge in [-0.15, -0.1) is 0 Å². The molecule has 1 heterocycles. The number of carbonyl (C=O) groups is 1.